The fraction of sp³-hybridized carbons (Fsp3) is 0.429. The third-order valence-electron chi connectivity index (χ3n) is 2.85. The van der Waals surface area contributed by atoms with Crippen LogP contribution in [0.2, 0.25) is 0 Å². The summed E-state index contributed by atoms with van der Waals surface area (Å²) in [7, 11) is 0. The Labute approximate surface area is 122 Å². The van der Waals surface area contributed by atoms with Crippen LogP contribution < -0.4 is 4.90 Å². The van der Waals surface area contributed by atoms with Gasteiger partial charge < -0.3 is 10.0 Å². The van der Waals surface area contributed by atoms with E-state index >= 15 is 0 Å². The second kappa shape index (κ2) is 7.24. The molecule has 0 aliphatic heterocycles. The van der Waals surface area contributed by atoms with Crippen molar-refractivity contribution < 1.29 is 14.8 Å². The number of nitro benzene ring substituents is 1. The van der Waals surface area contributed by atoms with Gasteiger partial charge >= 0.3 is 5.97 Å². The molecule has 0 saturated carbocycles. The zero-order valence-corrected chi connectivity index (χ0v) is 11.9. The van der Waals surface area contributed by atoms with Gasteiger partial charge in [0, 0.05) is 24.8 Å². The van der Waals surface area contributed by atoms with Crippen molar-refractivity contribution in [3.63, 3.8) is 0 Å². The topological polar surface area (TPSA) is 107 Å². The highest BCUT2D eigenvalue weighted by molar-refractivity contribution is 5.93. The molecule has 0 aromatic heterocycles. The molecule has 0 atom stereocenters. The lowest BCUT2D eigenvalue weighted by Crippen LogP contribution is -2.28. The maximum Gasteiger partial charge on any atom is 0.342 e. The summed E-state index contributed by atoms with van der Waals surface area (Å²) in [4.78, 5) is 23.2. The lowest BCUT2D eigenvalue weighted by atomic mass is 10.1. The predicted octanol–water partition coefficient (Wildman–Crippen LogP) is 2.67. The Balaban J connectivity index is 3.20. The number of carboxylic acids is 1. The van der Waals surface area contributed by atoms with E-state index < -0.39 is 16.6 Å². The molecular weight excluding hydrogens is 274 g/mol. The van der Waals surface area contributed by atoms with Gasteiger partial charge in [-0.25, -0.2) is 4.79 Å². The molecule has 1 aromatic carbocycles. The minimum Gasteiger partial charge on any atom is -0.477 e. The van der Waals surface area contributed by atoms with Gasteiger partial charge in [0.1, 0.15) is 5.56 Å². The van der Waals surface area contributed by atoms with Gasteiger partial charge in [0.25, 0.3) is 5.69 Å². The first-order chi connectivity index (χ1) is 9.86. The number of hydrogen-bond donors (Lipinski definition) is 1. The normalized spacial score (nSPS) is 10.2. The molecule has 1 N–H and O–H groups in total. The zero-order chi connectivity index (χ0) is 16.0. The minimum absolute atomic E-state index is 0.293. The molecule has 1 rings (SSSR count). The Morgan fingerprint density at radius 3 is 2.67 bits per heavy atom. The van der Waals surface area contributed by atoms with Crippen molar-refractivity contribution in [2.24, 2.45) is 5.92 Å². The maximum absolute atomic E-state index is 11.0. The van der Waals surface area contributed by atoms with Crippen LogP contribution in [0, 0.1) is 27.4 Å². The predicted molar refractivity (Wildman–Crippen MR) is 77.3 cm³/mol. The third kappa shape index (κ3) is 4.45. The summed E-state index contributed by atoms with van der Waals surface area (Å²) < 4.78 is 0. The molecule has 112 valence electrons. The summed E-state index contributed by atoms with van der Waals surface area (Å²) in [6.07, 6.45) is 0.293. The van der Waals surface area contributed by atoms with E-state index in [4.69, 9.17) is 10.4 Å². The molecule has 7 nitrogen and oxygen atoms in total. The highest BCUT2D eigenvalue weighted by Crippen LogP contribution is 2.26. The molecule has 0 radical (unpaired) electrons. The van der Waals surface area contributed by atoms with Crippen molar-refractivity contribution in [3.05, 3.63) is 33.9 Å². The Morgan fingerprint density at radius 2 is 2.19 bits per heavy atom. The first-order valence-corrected chi connectivity index (χ1v) is 6.50. The van der Waals surface area contributed by atoms with Crippen LogP contribution in [0.3, 0.4) is 0 Å². The summed E-state index contributed by atoms with van der Waals surface area (Å²) >= 11 is 0. The summed E-state index contributed by atoms with van der Waals surface area (Å²) in [6, 6.07) is 6.06. The van der Waals surface area contributed by atoms with Crippen LogP contribution in [0.4, 0.5) is 11.4 Å². The van der Waals surface area contributed by atoms with Crippen molar-refractivity contribution in [2.75, 3.05) is 18.0 Å². The molecule has 0 bridgehead atoms. The SMILES string of the molecule is CC(C)CN(CCC#N)c1ccc(C(=O)O)c([N+](=O)[O-])c1. The van der Waals surface area contributed by atoms with E-state index in [1.807, 2.05) is 24.8 Å². The molecule has 0 heterocycles. The van der Waals surface area contributed by atoms with E-state index in [1.165, 1.54) is 18.2 Å². The number of nitriles is 1. The van der Waals surface area contributed by atoms with E-state index in [1.54, 1.807) is 0 Å². The lowest BCUT2D eigenvalue weighted by molar-refractivity contribution is -0.385. The Hall–Kier alpha value is -2.62. The molecule has 0 unspecified atom stereocenters. The number of anilines is 1. The molecule has 0 amide bonds. The first kappa shape index (κ1) is 16.4. The van der Waals surface area contributed by atoms with E-state index in [9.17, 15) is 14.9 Å². The Bertz CT molecular complexity index is 578. The fourth-order valence-electron chi connectivity index (χ4n) is 2.00. The van der Waals surface area contributed by atoms with Gasteiger partial charge in [0.05, 0.1) is 17.4 Å². The summed E-state index contributed by atoms with van der Waals surface area (Å²) in [5, 5.41) is 28.7. The van der Waals surface area contributed by atoms with Gasteiger partial charge in [-0.15, -0.1) is 0 Å². The largest absolute Gasteiger partial charge is 0.477 e. The van der Waals surface area contributed by atoms with Gasteiger partial charge in [-0.05, 0) is 18.1 Å². The van der Waals surface area contributed by atoms with E-state index in [0.717, 1.165) is 0 Å². The van der Waals surface area contributed by atoms with Gasteiger partial charge in [-0.2, -0.15) is 5.26 Å². The average molecular weight is 291 g/mol. The standard InChI is InChI=1S/C14H17N3O4/c1-10(2)9-16(7-3-6-15)11-4-5-12(14(18)19)13(8-11)17(20)21/h4-5,8,10H,3,7,9H2,1-2H3,(H,18,19). The highest BCUT2D eigenvalue weighted by Gasteiger charge is 2.21. The van der Waals surface area contributed by atoms with E-state index in [-0.39, 0.29) is 5.56 Å². The molecule has 7 heteroatoms. The zero-order valence-electron chi connectivity index (χ0n) is 11.9. The second-order valence-electron chi connectivity index (χ2n) is 5.01. The second-order valence-corrected chi connectivity index (χ2v) is 5.01. The van der Waals surface area contributed by atoms with Crippen molar-refractivity contribution in [1.82, 2.24) is 0 Å². The number of hydrogen-bond acceptors (Lipinski definition) is 5. The number of carboxylic acid groups (broad SMARTS) is 1. The van der Waals surface area contributed by atoms with Crippen molar-refractivity contribution in [3.8, 4) is 6.07 Å². The number of aromatic carboxylic acids is 1. The first-order valence-electron chi connectivity index (χ1n) is 6.50. The van der Waals surface area contributed by atoms with Gasteiger partial charge in [0.15, 0.2) is 0 Å². The van der Waals surface area contributed by atoms with Gasteiger partial charge in [0.2, 0.25) is 0 Å². The quantitative estimate of drug-likeness (QED) is 0.611. The highest BCUT2D eigenvalue weighted by atomic mass is 16.6. The van der Waals surface area contributed by atoms with Crippen LogP contribution in [-0.4, -0.2) is 29.1 Å². The number of carbonyl (C=O) groups is 1. The van der Waals surface area contributed by atoms with Crippen LogP contribution in [0.1, 0.15) is 30.6 Å². The van der Waals surface area contributed by atoms with Crippen LogP contribution in [0.5, 0.6) is 0 Å². The number of benzene rings is 1. The smallest absolute Gasteiger partial charge is 0.342 e. The molecule has 0 aliphatic rings. The fourth-order valence-corrected chi connectivity index (χ4v) is 2.00. The summed E-state index contributed by atoms with van der Waals surface area (Å²) in [5.41, 5.74) is -0.227. The summed E-state index contributed by atoms with van der Waals surface area (Å²) in [6.45, 7) is 5.07. The van der Waals surface area contributed by atoms with E-state index in [0.29, 0.717) is 31.1 Å². The molecule has 1 aromatic rings. The molecular formula is C14H17N3O4. The van der Waals surface area contributed by atoms with Crippen LogP contribution in [0.15, 0.2) is 18.2 Å². The van der Waals surface area contributed by atoms with Crippen molar-refractivity contribution in [2.45, 2.75) is 20.3 Å². The molecule has 0 fully saturated rings. The van der Waals surface area contributed by atoms with Crippen molar-refractivity contribution >= 4 is 17.3 Å². The van der Waals surface area contributed by atoms with Gasteiger partial charge in [-0.3, -0.25) is 10.1 Å². The third-order valence-corrected chi connectivity index (χ3v) is 2.85. The van der Waals surface area contributed by atoms with Crippen LogP contribution >= 0.6 is 0 Å². The number of nitro groups is 1. The molecule has 21 heavy (non-hydrogen) atoms. The van der Waals surface area contributed by atoms with Crippen LogP contribution in [-0.2, 0) is 0 Å². The van der Waals surface area contributed by atoms with Gasteiger partial charge in [-0.1, -0.05) is 13.8 Å². The van der Waals surface area contributed by atoms with Crippen LogP contribution in [0.25, 0.3) is 0 Å². The average Bonchev–Trinajstić information content (AvgIpc) is 2.42. The van der Waals surface area contributed by atoms with E-state index in [2.05, 4.69) is 0 Å². The monoisotopic (exact) mass is 291 g/mol. The number of rotatable bonds is 7. The van der Waals surface area contributed by atoms with Crippen molar-refractivity contribution in [1.29, 1.82) is 5.26 Å². The Morgan fingerprint density at radius 1 is 1.52 bits per heavy atom. The molecule has 0 saturated heterocycles. The Kier molecular flexibility index (Phi) is 5.67. The molecule has 0 spiro atoms. The molecule has 0 aliphatic carbocycles. The number of nitrogens with zero attached hydrogens (tertiary/aromatic N) is 3. The minimum atomic E-state index is -1.33. The maximum atomic E-state index is 11.0. The summed E-state index contributed by atoms with van der Waals surface area (Å²) in [5.74, 6) is -1.03. The lowest BCUT2D eigenvalue weighted by Gasteiger charge is -2.25.